The van der Waals surface area contributed by atoms with Crippen molar-refractivity contribution in [3.05, 3.63) is 64.7 Å². The van der Waals surface area contributed by atoms with Gasteiger partial charge in [-0.25, -0.2) is 8.42 Å². The molecule has 0 saturated carbocycles. The van der Waals surface area contributed by atoms with Crippen LogP contribution in [0.4, 0.5) is 5.69 Å². The van der Waals surface area contributed by atoms with Crippen molar-refractivity contribution in [2.75, 3.05) is 17.6 Å². The number of hydrogen-bond acceptors (Lipinski definition) is 5. The van der Waals surface area contributed by atoms with Gasteiger partial charge in [0, 0.05) is 12.2 Å². The van der Waals surface area contributed by atoms with E-state index in [0.29, 0.717) is 17.3 Å². The molecular formula is C26H37N3O4S2. The molecule has 2 aromatic carbocycles. The van der Waals surface area contributed by atoms with Crippen LogP contribution in [0, 0.1) is 19.3 Å². The lowest BCUT2D eigenvalue weighted by Gasteiger charge is -2.23. The topological polar surface area (TPSA) is 96.5 Å². The number of carbonyl (C=O) groups is 1. The van der Waals surface area contributed by atoms with Gasteiger partial charge in [-0.3, -0.25) is 9.52 Å². The minimum atomic E-state index is -3.31. The van der Waals surface area contributed by atoms with Gasteiger partial charge in [0.25, 0.3) is 0 Å². The molecule has 0 saturated heterocycles. The summed E-state index contributed by atoms with van der Waals surface area (Å²) in [6.45, 7) is 10.4. The molecular weight excluding hydrogens is 482 g/mol. The minimum absolute atomic E-state index is 0.149. The van der Waals surface area contributed by atoms with Crippen molar-refractivity contribution in [1.82, 2.24) is 10.6 Å². The fourth-order valence-corrected chi connectivity index (χ4v) is 4.02. The molecule has 2 rings (SSSR count). The summed E-state index contributed by atoms with van der Waals surface area (Å²) in [6.07, 6.45) is 2.68. The molecule has 2 aromatic rings. The first-order chi connectivity index (χ1) is 16.2. The number of esters is 1. The Morgan fingerprint density at radius 1 is 1.03 bits per heavy atom. The second-order valence-corrected chi connectivity index (χ2v) is 12.1. The maximum absolute atomic E-state index is 12.3. The number of sulfonamides is 1. The van der Waals surface area contributed by atoms with Crippen LogP contribution in [0.2, 0.25) is 0 Å². The molecule has 0 unspecified atom stereocenters. The molecule has 0 spiro atoms. The Balaban J connectivity index is 1.96. The Kier molecular flexibility index (Phi) is 10.1. The van der Waals surface area contributed by atoms with Crippen LogP contribution in [0.1, 0.15) is 49.4 Å². The molecule has 1 atom stereocenters. The lowest BCUT2D eigenvalue weighted by atomic mass is 9.97. The number of thiocarbonyl (C=S) groups is 1. The first kappa shape index (κ1) is 28.6. The lowest BCUT2D eigenvalue weighted by Crippen LogP contribution is -2.44. The summed E-state index contributed by atoms with van der Waals surface area (Å²) in [4.78, 5) is 12.3. The predicted molar refractivity (Wildman–Crippen MR) is 146 cm³/mol. The molecule has 35 heavy (non-hydrogen) atoms. The number of carbonyl (C=O) groups excluding carboxylic acids is 1. The average molecular weight is 520 g/mol. The Morgan fingerprint density at radius 3 is 2.23 bits per heavy atom. The molecule has 0 aromatic heterocycles. The summed E-state index contributed by atoms with van der Waals surface area (Å²) >= 11 is 5.49. The SMILES string of the molecule is Cc1ccc(CC[C@H](COC(=O)C(C)(C)C)NC(=S)NCc2ccc(NS(C)(=O)=O)cc2)cc1C. The number of nitrogens with one attached hydrogen (secondary N) is 3. The van der Waals surface area contributed by atoms with E-state index in [9.17, 15) is 13.2 Å². The van der Waals surface area contributed by atoms with Crippen molar-refractivity contribution >= 4 is 39.0 Å². The molecule has 0 aliphatic carbocycles. The van der Waals surface area contributed by atoms with E-state index in [1.165, 1.54) is 16.7 Å². The fraction of sp³-hybridized carbons (Fsp3) is 0.462. The first-order valence-corrected chi connectivity index (χ1v) is 13.9. The monoisotopic (exact) mass is 519 g/mol. The van der Waals surface area contributed by atoms with Crippen LogP contribution in [0.5, 0.6) is 0 Å². The zero-order valence-corrected chi connectivity index (χ0v) is 23.0. The van der Waals surface area contributed by atoms with Gasteiger partial charge < -0.3 is 15.4 Å². The van der Waals surface area contributed by atoms with Crippen LogP contribution in [-0.2, 0) is 32.5 Å². The standard InChI is InChI=1S/C26H37N3O4S2/c1-18-7-8-20(15-19(18)2)9-14-23(17-33-24(30)26(3,4)5)28-25(34)27-16-21-10-12-22(13-11-21)29-35(6,31)32/h7-8,10-13,15,23,29H,9,14,16-17H2,1-6H3,(H2,27,28,34)/t23-/m1/s1. The second-order valence-electron chi connectivity index (χ2n) is 9.90. The van der Waals surface area contributed by atoms with Crippen LogP contribution in [0.3, 0.4) is 0 Å². The Labute approximate surface area is 215 Å². The number of rotatable bonds is 10. The Hall–Kier alpha value is -2.65. The first-order valence-electron chi connectivity index (χ1n) is 11.6. The fourth-order valence-electron chi connectivity index (χ4n) is 3.21. The van der Waals surface area contributed by atoms with Crippen LogP contribution in [0.15, 0.2) is 42.5 Å². The highest BCUT2D eigenvalue weighted by Gasteiger charge is 2.24. The van der Waals surface area contributed by atoms with Gasteiger partial charge in [0.1, 0.15) is 6.61 Å². The molecule has 0 aliphatic heterocycles. The van der Waals surface area contributed by atoms with E-state index >= 15 is 0 Å². The molecule has 3 N–H and O–H groups in total. The van der Waals surface area contributed by atoms with Crippen molar-refractivity contribution in [3.63, 3.8) is 0 Å². The zero-order valence-electron chi connectivity index (χ0n) is 21.4. The van der Waals surface area contributed by atoms with Crippen LogP contribution in [-0.4, -0.2) is 38.4 Å². The zero-order chi connectivity index (χ0) is 26.2. The van der Waals surface area contributed by atoms with E-state index < -0.39 is 15.4 Å². The van der Waals surface area contributed by atoms with E-state index in [1.54, 1.807) is 12.1 Å². The highest BCUT2D eigenvalue weighted by Crippen LogP contribution is 2.17. The Morgan fingerprint density at radius 2 is 1.66 bits per heavy atom. The molecule has 0 heterocycles. The van der Waals surface area contributed by atoms with E-state index in [0.717, 1.165) is 24.7 Å². The predicted octanol–water partition coefficient (Wildman–Crippen LogP) is 4.23. The van der Waals surface area contributed by atoms with Crippen molar-refractivity contribution in [3.8, 4) is 0 Å². The Bertz CT molecular complexity index is 1120. The second kappa shape index (κ2) is 12.4. The molecule has 0 fully saturated rings. The van der Waals surface area contributed by atoms with Gasteiger partial charge in [0.05, 0.1) is 17.7 Å². The highest BCUT2D eigenvalue weighted by molar-refractivity contribution is 7.92. The van der Waals surface area contributed by atoms with Gasteiger partial charge in [0.2, 0.25) is 10.0 Å². The summed E-state index contributed by atoms with van der Waals surface area (Å²) < 4.78 is 30.7. The van der Waals surface area contributed by atoms with Crippen LogP contribution < -0.4 is 15.4 Å². The van der Waals surface area contributed by atoms with Gasteiger partial charge in [-0.15, -0.1) is 0 Å². The maximum Gasteiger partial charge on any atom is 0.311 e. The van der Waals surface area contributed by atoms with E-state index in [2.05, 4.69) is 47.4 Å². The van der Waals surface area contributed by atoms with Crippen molar-refractivity contribution in [2.24, 2.45) is 5.41 Å². The van der Waals surface area contributed by atoms with E-state index in [-0.39, 0.29) is 18.6 Å². The van der Waals surface area contributed by atoms with Crippen LogP contribution >= 0.6 is 12.2 Å². The summed E-state index contributed by atoms with van der Waals surface area (Å²) in [5.74, 6) is -0.253. The smallest absolute Gasteiger partial charge is 0.311 e. The third-order valence-corrected chi connectivity index (χ3v) is 6.29. The average Bonchev–Trinajstić information content (AvgIpc) is 2.75. The minimum Gasteiger partial charge on any atom is -0.463 e. The molecule has 0 bridgehead atoms. The summed E-state index contributed by atoms with van der Waals surface area (Å²) in [6, 6.07) is 13.3. The molecule has 9 heteroatoms. The molecule has 0 radical (unpaired) electrons. The largest absolute Gasteiger partial charge is 0.463 e. The van der Waals surface area contributed by atoms with E-state index in [1.807, 2.05) is 32.9 Å². The van der Waals surface area contributed by atoms with E-state index in [4.69, 9.17) is 17.0 Å². The third-order valence-electron chi connectivity index (χ3n) is 5.43. The molecule has 192 valence electrons. The quantitative estimate of drug-likeness (QED) is 0.319. The van der Waals surface area contributed by atoms with Crippen molar-refractivity contribution in [2.45, 2.75) is 60.0 Å². The maximum atomic E-state index is 12.3. The number of benzene rings is 2. The summed E-state index contributed by atoms with van der Waals surface area (Å²) in [7, 11) is -3.31. The van der Waals surface area contributed by atoms with Crippen LogP contribution in [0.25, 0.3) is 0 Å². The van der Waals surface area contributed by atoms with Gasteiger partial charge in [-0.1, -0.05) is 30.3 Å². The van der Waals surface area contributed by atoms with Gasteiger partial charge in [-0.2, -0.15) is 0 Å². The van der Waals surface area contributed by atoms with Crippen molar-refractivity contribution in [1.29, 1.82) is 0 Å². The number of aryl methyl sites for hydroxylation is 3. The molecule has 7 nitrogen and oxygen atoms in total. The normalized spacial score (nSPS) is 12.5. The van der Waals surface area contributed by atoms with Gasteiger partial charge in [0.15, 0.2) is 5.11 Å². The lowest BCUT2D eigenvalue weighted by molar-refractivity contribution is -0.153. The molecule has 0 amide bonds. The molecule has 0 aliphatic rings. The summed E-state index contributed by atoms with van der Waals surface area (Å²) in [5.41, 5.74) is 4.61. The number of ether oxygens (including phenoxy) is 1. The van der Waals surface area contributed by atoms with Gasteiger partial charge >= 0.3 is 5.97 Å². The van der Waals surface area contributed by atoms with Crippen molar-refractivity contribution < 1.29 is 17.9 Å². The number of hydrogen-bond donors (Lipinski definition) is 3. The van der Waals surface area contributed by atoms with Gasteiger partial charge in [-0.05, 0) is 94.1 Å². The third kappa shape index (κ3) is 10.7. The highest BCUT2D eigenvalue weighted by atomic mass is 32.2. The number of anilines is 1. The summed E-state index contributed by atoms with van der Waals surface area (Å²) in [5, 5.41) is 6.91.